The maximum atomic E-state index is 2.69. The van der Waals surface area contributed by atoms with Gasteiger partial charge in [-0.25, -0.2) is 0 Å². The predicted octanol–water partition coefficient (Wildman–Crippen LogP) is 4.40. The number of hydrogen-bond donors (Lipinski definition) is 0. The number of hydrogen-bond acceptors (Lipinski definition) is 1. The van der Waals surface area contributed by atoms with Crippen LogP contribution in [0.4, 0.5) is 0 Å². The standard InChI is InChI=1S/C20H23N/c1-2-21-13-12-18-16-10-6-7-11-17(16)19(14-20(18)21)15-8-4-3-5-9-15/h3-11,18-20H,2,12-14H2,1H3/t18-,19-,20-/m1/s1. The van der Waals surface area contributed by atoms with Crippen molar-refractivity contribution in [3.63, 3.8) is 0 Å². The van der Waals surface area contributed by atoms with E-state index in [2.05, 4.69) is 66.4 Å². The largest absolute Gasteiger partial charge is 0.300 e. The van der Waals surface area contributed by atoms with Gasteiger partial charge in [-0.05, 0) is 42.6 Å². The Morgan fingerprint density at radius 3 is 2.43 bits per heavy atom. The average Bonchev–Trinajstić information content (AvgIpc) is 2.98. The molecule has 0 N–H and O–H groups in total. The van der Waals surface area contributed by atoms with E-state index in [-0.39, 0.29) is 0 Å². The van der Waals surface area contributed by atoms with Crippen LogP contribution in [0.2, 0.25) is 0 Å². The van der Waals surface area contributed by atoms with Gasteiger partial charge in [-0.2, -0.15) is 0 Å². The second-order valence-electron chi connectivity index (χ2n) is 6.42. The minimum Gasteiger partial charge on any atom is -0.300 e. The molecule has 21 heavy (non-hydrogen) atoms. The van der Waals surface area contributed by atoms with E-state index in [9.17, 15) is 0 Å². The number of fused-ring (bicyclic) bond motifs is 3. The highest BCUT2D eigenvalue weighted by Crippen LogP contribution is 2.48. The number of likely N-dealkylation sites (N-methyl/N-ethyl adjacent to an activating group) is 1. The van der Waals surface area contributed by atoms with Crippen LogP contribution in [-0.2, 0) is 0 Å². The topological polar surface area (TPSA) is 3.24 Å². The third-order valence-electron chi connectivity index (χ3n) is 5.52. The first-order valence-electron chi connectivity index (χ1n) is 8.26. The van der Waals surface area contributed by atoms with Gasteiger partial charge in [0.25, 0.3) is 0 Å². The minimum absolute atomic E-state index is 0.566. The summed E-state index contributed by atoms with van der Waals surface area (Å²) in [6.45, 7) is 4.76. The lowest BCUT2D eigenvalue weighted by Gasteiger charge is -2.38. The average molecular weight is 277 g/mol. The quantitative estimate of drug-likeness (QED) is 0.786. The van der Waals surface area contributed by atoms with Crippen LogP contribution in [0.5, 0.6) is 0 Å². The Kier molecular flexibility index (Phi) is 3.31. The summed E-state index contributed by atoms with van der Waals surface area (Å²) < 4.78 is 0. The first-order valence-corrected chi connectivity index (χ1v) is 8.26. The van der Waals surface area contributed by atoms with Crippen LogP contribution in [0, 0.1) is 0 Å². The molecule has 2 aliphatic rings. The summed E-state index contributed by atoms with van der Waals surface area (Å²) in [5.74, 6) is 1.32. The molecule has 1 nitrogen and oxygen atoms in total. The van der Waals surface area contributed by atoms with Crippen LogP contribution < -0.4 is 0 Å². The van der Waals surface area contributed by atoms with Gasteiger partial charge in [0.15, 0.2) is 0 Å². The number of rotatable bonds is 2. The summed E-state index contributed by atoms with van der Waals surface area (Å²) >= 11 is 0. The minimum atomic E-state index is 0.566. The van der Waals surface area contributed by atoms with Gasteiger partial charge in [0.1, 0.15) is 0 Å². The third-order valence-corrected chi connectivity index (χ3v) is 5.52. The molecule has 0 bridgehead atoms. The lowest BCUT2D eigenvalue weighted by molar-refractivity contribution is 0.230. The van der Waals surface area contributed by atoms with Crippen LogP contribution in [0.15, 0.2) is 54.6 Å². The van der Waals surface area contributed by atoms with Crippen LogP contribution in [0.3, 0.4) is 0 Å². The maximum Gasteiger partial charge on any atom is 0.0173 e. The molecule has 1 heterocycles. The van der Waals surface area contributed by atoms with Gasteiger partial charge in [0.05, 0.1) is 0 Å². The van der Waals surface area contributed by atoms with Crippen molar-refractivity contribution in [2.75, 3.05) is 13.1 Å². The Morgan fingerprint density at radius 1 is 0.952 bits per heavy atom. The molecule has 0 saturated carbocycles. The Labute approximate surface area is 127 Å². The monoisotopic (exact) mass is 277 g/mol. The summed E-state index contributed by atoms with van der Waals surface area (Å²) in [7, 11) is 0. The second-order valence-corrected chi connectivity index (χ2v) is 6.42. The van der Waals surface area contributed by atoms with E-state index in [1.165, 1.54) is 31.5 Å². The van der Waals surface area contributed by atoms with E-state index in [4.69, 9.17) is 0 Å². The summed E-state index contributed by atoms with van der Waals surface area (Å²) in [6, 6.07) is 21.0. The lowest BCUT2D eigenvalue weighted by Crippen LogP contribution is -2.36. The first-order chi connectivity index (χ1) is 10.4. The summed E-state index contributed by atoms with van der Waals surface area (Å²) in [6.07, 6.45) is 2.61. The second kappa shape index (κ2) is 5.31. The first kappa shape index (κ1) is 13.1. The molecule has 0 amide bonds. The molecule has 4 rings (SSSR count). The molecule has 2 aromatic carbocycles. The van der Waals surface area contributed by atoms with Gasteiger partial charge in [0.2, 0.25) is 0 Å². The fourth-order valence-electron chi connectivity index (χ4n) is 4.52. The molecule has 3 atom stereocenters. The molecule has 1 heteroatoms. The molecule has 2 aromatic rings. The van der Waals surface area contributed by atoms with Crippen molar-refractivity contribution in [3.05, 3.63) is 71.3 Å². The third kappa shape index (κ3) is 2.11. The van der Waals surface area contributed by atoms with Crippen LogP contribution in [-0.4, -0.2) is 24.0 Å². The number of likely N-dealkylation sites (tertiary alicyclic amines) is 1. The fraction of sp³-hybridized carbons (Fsp3) is 0.400. The molecular formula is C20H23N. The molecule has 1 aliphatic carbocycles. The molecule has 0 unspecified atom stereocenters. The molecule has 1 fully saturated rings. The smallest absolute Gasteiger partial charge is 0.0173 e. The van der Waals surface area contributed by atoms with E-state index < -0.39 is 0 Å². The SMILES string of the molecule is CCN1CC[C@@H]2c3ccccc3[C@@H](c3ccccc3)C[C@H]21. The maximum absolute atomic E-state index is 2.69. The zero-order valence-corrected chi connectivity index (χ0v) is 12.7. The number of nitrogens with zero attached hydrogens (tertiary/aromatic N) is 1. The van der Waals surface area contributed by atoms with Crippen molar-refractivity contribution in [1.29, 1.82) is 0 Å². The molecule has 0 spiro atoms. The van der Waals surface area contributed by atoms with Crippen molar-refractivity contribution >= 4 is 0 Å². The highest BCUT2D eigenvalue weighted by molar-refractivity contribution is 5.44. The van der Waals surface area contributed by atoms with E-state index in [0.29, 0.717) is 5.92 Å². The molecule has 0 radical (unpaired) electrons. The Bertz CT molecular complexity index is 619. The zero-order chi connectivity index (χ0) is 14.2. The van der Waals surface area contributed by atoms with Gasteiger partial charge in [-0.15, -0.1) is 0 Å². The van der Waals surface area contributed by atoms with Crippen molar-refractivity contribution in [3.8, 4) is 0 Å². The van der Waals surface area contributed by atoms with Crippen LogP contribution in [0.25, 0.3) is 0 Å². The van der Waals surface area contributed by atoms with Gasteiger partial charge >= 0.3 is 0 Å². The van der Waals surface area contributed by atoms with Crippen molar-refractivity contribution in [1.82, 2.24) is 4.90 Å². The zero-order valence-electron chi connectivity index (χ0n) is 12.7. The van der Waals surface area contributed by atoms with Gasteiger partial charge in [-0.3, -0.25) is 4.90 Å². The van der Waals surface area contributed by atoms with Crippen LogP contribution >= 0.6 is 0 Å². The summed E-state index contributed by atoms with van der Waals surface area (Å²) in [5.41, 5.74) is 4.66. The van der Waals surface area contributed by atoms with E-state index in [1.54, 1.807) is 11.1 Å². The fourth-order valence-corrected chi connectivity index (χ4v) is 4.52. The van der Waals surface area contributed by atoms with Crippen LogP contribution in [0.1, 0.15) is 48.3 Å². The molecule has 1 saturated heterocycles. The van der Waals surface area contributed by atoms with Gasteiger partial charge < -0.3 is 0 Å². The number of benzene rings is 2. The van der Waals surface area contributed by atoms with Crippen molar-refractivity contribution in [2.24, 2.45) is 0 Å². The van der Waals surface area contributed by atoms with E-state index >= 15 is 0 Å². The summed E-state index contributed by atoms with van der Waals surface area (Å²) in [4.78, 5) is 2.69. The van der Waals surface area contributed by atoms with Crippen molar-refractivity contribution in [2.45, 2.75) is 37.6 Å². The molecule has 1 aliphatic heterocycles. The molecule has 108 valence electrons. The Balaban J connectivity index is 1.80. The summed E-state index contributed by atoms with van der Waals surface area (Å²) in [5, 5.41) is 0. The molecule has 0 aromatic heterocycles. The lowest BCUT2D eigenvalue weighted by atomic mass is 9.71. The highest BCUT2D eigenvalue weighted by atomic mass is 15.2. The predicted molar refractivity (Wildman–Crippen MR) is 87.7 cm³/mol. The van der Waals surface area contributed by atoms with Gasteiger partial charge in [0, 0.05) is 17.9 Å². The van der Waals surface area contributed by atoms with Gasteiger partial charge in [-0.1, -0.05) is 61.5 Å². The highest BCUT2D eigenvalue weighted by Gasteiger charge is 2.41. The van der Waals surface area contributed by atoms with E-state index in [0.717, 1.165) is 12.0 Å². The normalized spacial score (nSPS) is 28.1. The van der Waals surface area contributed by atoms with Crippen molar-refractivity contribution < 1.29 is 0 Å². The molecular weight excluding hydrogens is 254 g/mol. The Morgan fingerprint density at radius 2 is 1.67 bits per heavy atom. The Hall–Kier alpha value is -1.60. The van der Waals surface area contributed by atoms with E-state index in [1.807, 2.05) is 0 Å².